The minimum Gasteiger partial charge on any atom is -0.385 e. The van der Waals surface area contributed by atoms with Crippen LogP contribution in [0.2, 0.25) is 0 Å². The highest BCUT2D eigenvalue weighted by molar-refractivity contribution is 7.99. The van der Waals surface area contributed by atoms with Crippen molar-refractivity contribution in [1.29, 1.82) is 0 Å². The molecule has 0 spiro atoms. The average molecular weight is 417 g/mol. The third-order valence-corrected chi connectivity index (χ3v) is 5.81. The number of ether oxygens (including phenoxy) is 1. The Bertz CT molecular complexity index is 1100. The Kier molecular flexibility index (Phi) is 5.63. The molecule has 0 aliphatic carbocycles. The number of rotatable bonds is 7. The molecule has 10 heteroatoms. The number of carbonyl (C=O) groups is 1. The molecule has 3 aromatic rings. The normalized spacial score (nSPS) is 15.6. The second-order valence-corrected chi connectivity index (χ2v) is 7.69. The molecule has 4 rings (SSSR count). The molecule has 3 heterocycles. The largest absolute Gasteiger partial charge is 0.385 e. The van der Waals surface area contributed by atoms with Gasteiger partial charge < -0.3 is 10.1 Å². The van der Waals surface area contributed by atoms with Gasteiger partial charge in [-0.1, -0.05) is 11.8 Å². The molecule has 0 fully saturated rings. The van der Waals surface area contributed by atoms with Crippen LogP contribution in [-0.2, 0) is 9.53 Å². The Balaban J connectivity index is 1.59. The van der Waals surface area contributed by atoms with E-state index >= 15 is 0 Å². The van der Waals surface area contributed by atoms with Crippen molar-refractivity contribution in [3.63, 3.8) is 0 Å². The number of amides is 1. The van der Waals surface area contributed by atoms with Crippen LogP contribution >= 0.6 is 11.8 Å². The predicted octanol–water partition coefficient (Wildman–Crippen LogP) is 1.91. The van der Waals surface area contributed by atoms with Crippen LogP contribution in [0, 0.1) is 5.82 Å². The molecule has 1 aliphatic heterocycles. The monoisotopic (exact) mass is 417 g/mol. The van der Waals surface area contributed by atoms with Crippen LogP contribution in [-0.4, -0.2) is 51.3 Å². The Morgan fingerprint density at radius 3 is 2.93 bits per heavy atom. The van der Waals surface area contributed by atoms with Crippen LogP contribution in [0.4, 0.5) is 4.39 Å². The zero-order valence-corrected chi connectivity index (χ0v) is 16.6. The molecular weight excluding hydrogens is 397 g/mol. The Labute approximate surface area is 170 Å². The van der Waals surface area contributed by atoms with Crippen molar-refractivity contribution in [2.24, 2.45) is 0 Å². The van der Waals surface area contributed by atoms with E-state index in [9.17, 15) is 14.0 Å². The topological polar surface area (TPSA) is 91.0 Å². The number of nitrogens with one attached hydrogen (secondary N) is 1. The Hall–Kier alpha value is -2.72. The molecule has 0 saturated carbocycles. The Morgan fingerprint density at radius 2 is 2.17 bits per heavy atom. The lowest BCUT2D eigenvalue weighted by Crippen LogP contribution is -2.31. The van der Waals surface area contributed by atoms with E-state index in [0.29, 0.717) is 40.8 Å². The van der Waals surface area contributed by atoms with E-state index in [-0.39, 0.29) is 29.7 Å². The summed E-state index contributed by atoms with van der Waals surface area (Å²) in [5, 5.41) is 8.04. The second-order valence-electron chi connectivity index (χ2n) is 6.70. The summed E-state index contributed by atoms with van der Waals surface area (Å²) >= 11 is 1.44. The van der Waals surface area contributed by atoms with E-state index in [1.807, 2.05) is 0 Å². The van der Waals surface area contributed by atoms with Crippen molar-refractivity contribution in [3.05, 3.63) is 46.6 Å². The lowest BCUT2D eigenvalue weighted by Gasteiger charge is -2.13. The zero-order valence-electron chi connectivity index (χ0n) is 15.8. The predicted molar refractivity (Wildman–Crippen MR) is 107 cm³/mol. The molecule has 1 atom stereocenters. The van der Waals surface area contributed by atoms with E-state index in [0.717, 1.165) is 6.42 Å². The van der Waals surface area contributed by atoms with Crippen molar-refractivity contribution in [1.82, 2.24) is 24.6 Å². The van der Waals surface area contributed by atoms with E-state index in [2.05, 4.69) is 15.4 Å². The molecule has 0 radical (unpaired) electrons. The maximum Gasteiger partial charge on any atom is 0.265 e. The highest BCUT2D eigenvalue weighted by Gasteiger charge is 2.29. The van der Waals surface area contributed by atoms with Crippen molar-refractivity contribution >= 4 is 28.7 Å². The van der Waals surface area contributed by atoms with Crippen LogP contribution in [0.1, 0.15) is 18.9 Å². The number of hydrogen-bond acceptors (Lipinski definition) is 6. The number of benzene rings is 1. The minimum absolute atomic E-state index is 0.103. The van der Waals surface area contributed by atoms with Crippen molar-refractivity contribution < 1.29 is 13.9 Å². The first-order valence-electron chi connectivity index (χ1n) is 9.23. The fraction of sp³-hybridized carbons (Fsp3) is 0.368. The first-order chi connectivity index (χ1) is 14.1. The van der Waals surface area contributed by atoms with Gasteiger partial charge in [-0.2, -0.15) is 5.10 Å². The molecule has 2 aromatic heterocycles. The number of halogens is 1. The van der Waals surface area contributed by atoms with Gasteiger partial charge in [-0.05, 0) is 30.7 Å². The Morgan fingerprint density at radius 1 is 1.38 bits per heavy atom. The second kappa shape index (κ2) is 8.34. The van der Waals surface area contributed by atoms with Crippen LogP contribution in [0.25, 0.3) is 16.7 Å². The third kappa shape index (κ3) is 3.90. The third-order valence-electron chi connectivity index (χ3n) is 4.71. The fourth-order valence-corrected chi connectivity index (χ4v) is 4.41. The van der Waals surface area contributed by atoms with E-state index in [1.165, 1.54) is 34.8 Å². The van der Waals surface area contributed by atoms with E-state index in [1.54, 1.807) is 23.8 Å². The molecule has 1 aromatic carbocycles. The molecule has 1 aliphatic rings. The van der Waals surface area contributed by atoms with Gasteiger partial charge in [0, 0.05) is 32.4 Å². The van der Waals surface area contributed by atoms with Crippen LogP contribution < -0.4 is 10.9 Å². The molecule has 0 saturated heterocycles. The van der Waals surface area contributed by atoms with Gasteiger partial charge in [-0.15, -0.1) is 0 Å². The van der Waals surface area contributed by atoms with E-state index < -0.39 is 0 Å². The number of carbonyl (C=O) groups excluding carboxylic acids is 1. The van der Waals surface area contributed by atoms with Crippen LogP contribution in [0.5, 0.6) is 0 Å². The lowest BCUT2D eigenvalue weighted by molar-refractivity contribution is -0.121. The standard InChI is InChI=1S/C19H20FN5O3S/c1-28-8-2-7-21-16(26)9-14-11-29-19-23-17-15(18(27)24(14)19)10-22-25(17)13-5-3-12(20)4-6-13/h3-6,10,14H,2,7-9,11H2,1H3,(H,21,26)/t14-/m1/s1. The van der Waals surface area contributed by atoms with Gasteiger partial charge in [0.1, 0.15) is 11.2 Å². The van der Waals surface area contributed by atoms with Gasteiger partial charge in [0.2, 0.25) is 5.91 Å². The highest BCUT2D eigenvalue weighted by atomic mass is 32.2. The number of nitrogens with zero attached hydrogens (tertiary/aromatic N) is 4. The summed E-state index contributed by atoms with van der Waals surface area (Å²) in [6.07, 6.45) is 2.42. The maximum absolute atomic E-state index is 13.2. The van der Waals surface area contributed by atoms with Crippen molar-refractivity contribution in [2.45, 2.75) is 24.0 Å². The molecule has 29 heavy (non-hydrogen) atoms. The summed E-state index contributed by atoms with van der Waals surface area (Å²) in [6.45, 7) is 1.12. The average Bonchev–Trinajstić information content (AvgIpc) is 3.31. The van der Waals surface area contributed by atoms with Gasteiger partial charge in [-0.25, -0.2) is 14.1 Å². The molecule has 1 amide bonds. The quantitative estimate of drug-likeness (QED) is 0.467. The SMILES string of the molecule is COCCCNC(=O)C[C@@H]1CSc2nc3c(cnn3-c3ccc(F)cc3)c(=O)n21. The van der Waals surface area contributed by atoms with Crippen molar-refractivity contribution in [2.75, 3.05) is 26.0 Å². The van der Waals surface area contributed by atoms with Crippen molar-refractivity contribution in [3.8, 4) is 5.69 Å². The first-order valence-corrected chi connectivity index (χ1v) is 10.2. The molecule has 0 unspecified atom stereocenters. The summed E-state index contributed by atoms with van der Waals surface area (Å²) in [5.74, 6) is 0.149. The fourth-order valence-electron chi connectivity index (χ4n) is 3.28. The number of thioether (sulfide) groups is 1. The molecule has 8 nitrogen and oxygen atoms in total. The minimum atomic E-state index is -0.349. The molecular formula is C19H20FN5O3S. The van der Waals surface area contributed by atoms with Crippen LogP contribution in [0.3, 0.4) is 0 Å². The first kappa shape index (κ1) is 19.6. The van der Waals surface area contributed by atoms with Gasteiger partial charge in [-0.3, -0.25) is 14.2 Å². The number of fused-ring (bicyclic) bond motifs is 2. The van der Waals surface area contributed by atoms with Gasteiger partial charge in [0.25, 0.3) is 5.56 Å². The summed E-state index contributed by atoms with van der Waals surface area (Å²) in [5.41, 5.74) is 0.818. The summed E-state index contributed by atoms with van der Waals surface area (Å²) in [6, 6.07) is 5.57. The smallest absolute Gasteiger partial charge is 0.265 e. The van der Waals surface area contributed by atoms with Gasteiger partial charge in [0.15, 0.2) is 10.8 Å². The van der Waals surface area contributed by atoms with Crippen LogP contribution in [0.15, 0.2) is 40.4 Å². The summed E-state index contributed by atoms with van der Waals surface area (Å²) < 4.78 is 21.3. The maximum atomic E-state index is 13.2. The highest BCUT2D eigenvalue weighted by Crippen LogP contribution is 2.33. The molecule has 1 N–H and O–H groups in total. The number of methoxy groups -OCH3 is 1. The van der Waals surface area contributed by atoms with E-state index in [4.69, 9.17) is 4.74 Å². The lowest BCUT2D eigenvalue weighted by atomic mass is 10.2. The number of hydrogen-bond donors (Lipinski definition) is 1. The summed E-state index contributed by atoms with van der Waals surface area (Å²) in [7, 11) is 1.62. The molecule has 152 valence electrons. The summed E-state index contributed by atoms with van der Waals surface area (Å²) in [4.78, 5) is 29.9. The van der Waals surface area contributed by atoms with Gasteiger partial charge in [0.05, 0.1) is 17.9 Å². The number of aromatic nitrogens is 4. The molecule has 0 bridgehead atoms. The zero-order chi connectivity index (χ0) is 20.4. The van der Waals surface area contributed by atoms with Gasteiger partial charge >= 0.3 is 0 Å².